The Morgan fingerprint density at radius 1 is 1.12 bits per heavy atom. The molecule has 220 valence electrons. The lowest BCUT2D eigenvalue weighted by atomic mass is 9.90. The number of hydrogen-bond donors (Lipinski definition) is 5. The maximum absolute atomic E-state index is 15.5. The molecule has 0 amide bonds. The molecule has 0 bridgehead atoms. The summed E-state index contributed by atoms with van der Waals surface area (Å²) in [5.41, 5.74) is 6.32. The molecule has 13 heteroatoms. The van der Waals surface area contributed by atoms with Crippen LogP contribution < -0.4 is 20.9 Å². The number of carboxylic acid groups (broad SMARTS) is 2. The fourth-order valence-corrected chi connectivity index (χ4v) is 4.16. The zero-order valence-corrected chi connectivity index (χ0v) is 23.1. The number of nitrogens with one attached hydrogen (secondary N) is 2. The number of amidine groups is 1. The molecule has 0 aliphatic rings. The number of nitrogen functional groups attached to an aromatic ring is 1. The first-order valence-corrected chi connectivity index (χ1v) is 12.6. The number of carboxylic acids is 2. The summed E-state index contributed by atoms with van der Waals surface area (Å²) in [6.45, 7) is 3.19. The highest BCUT2D eigenvalue weighted by Gasteiger charge is 2.26. The molecule has 0 aliphatic carbocycles. The molecule has 0 aliphatic heterocycles. The molecular formula is C29H30FN5O7. The molecule has 42 heavy (non-hydrogen) atoms. The van der Waals surface area contributed by atoms with Crippen LogP contribution >= 0.6 is 0 Å². The van der Waals surface area contributed by atoms with E-state index in [-0.39, 0.29) is 40.6 Å². The molecule has 1 atom stereocenters. The number of aromatic amines is 1. The summed E-state index contributed by atoms with van der Waals surface area (Å²) < 4.78 is 27.3. The fraction of sp³-hybridized carbons (Fsp3) is 0.207. The van der Waals surface area contributed by atoms with E-state index in [1.165, 1.54) is 31.4 Å². The number of methoxy groups -OCH3 is 1. The van der Waals surface area contributed by atoms with Gasteiger partial charge in [0.2, 0.25) is 0 Å². The van der Waals surface area contributed by atoms with Gasteiger partial charge in [-0.25, -0.2) is 14.0 Å². The van der Waals surface area contributed by atoms with E-state index in [2.05, 4.69) is 10.1 Å². The van der Waals surface area contributed by atoms with Crippen molar-refractivity contribution in [3.05, 3.63) is 105 Å². The van der Waals surface area contributed by atoms with Crippen LogP contribution in [0.1, 0.15) is 52.6 Å². The maximum Gasteiger partial charge on any atom is 0.348 e. The van der Waals surface area contributed by atoms with Gasteiger partial charge in [0.25, 0.3) is 5.97 Å². The van der Waals surface area contributed by atoms with Crippen molar-refractivity contribution in [3.63, 3.8) is 0 Å². The minimum Gasteiger partial charge on any atom is -0.493 e. The van der Waals surface area contributed by atoms with Crippen LogP contribution in [-0.2, 0) is 11.2 Å². The van der Waals surface area contributed by atoms with Crippen LogP contribution in [0.25, 0.3) is 5.69 Å². The molecule has 0 fully saturated rings. The van der Waals surface area contributed by atoms with Crippen molar-refractivity contribution < 1.29 is 33.7 Å². The van der Waals surface area contributed by atoms with Gasteiger partial charge in [-0.2, -0.15) is 4.68 Å². The number of aromatic carboxylic acids is 1. The molecule has 4 rings (SSSR count). The number of para-hydroxylation sites is 1. The average Bonchev–Trinajstić information content (AvgIpc) is 3.33. The van der Waals surface area contributed by atoms with Gasteiger partial charge >= 0.3 is 11.7 Å². The number of hydrogen-bond acceptors (Lipinski definition) is 7. The first-order chi connectivity index (χ1) is 20.0. The number of halogens is 1. The van der Waals surface area contributed by atoms with E-state index in [0.29, 0.717) is 17.9 Å². The van der Waals surface area contributed by atoms with Crippen LogP contribution in [0.3, 0.4) is 0 Å². The topological polar surface area (TPSA) is 194 Å². The van der Waals surface area contributed by atoms with Gasteiger partial charge in [0.05, 0.1) is 30.9 Å². The van der Waals surface area contributed by atoms with Gasteiger partial charge in [0, 0.05) is 24.1 Å². The summed E-state index contributed by atoms with van der Waals surface area (Å²) in [5, 5.41) is 29.0. The number of carbonyl (C=O) groups is 2. The third-order valence-electron chi connectivity index (χ3n) is 5.99. The summed E-state index contributed by atoms with van der Waals surface area (Å²) in [6.07, 6.45) is 0.209. The molecule has 0 saturated heterocycles. The smallest absolute Gasteiger partial charge is 0.348 e. The van der Waals surface area contributed by atoms with Gasteiger partial charge in [0.1, 0.15) is 17.5 Å². The summed E-state index contributed by atoms with van der Waals surface area (Å²) in [7, 11) is 1.41. The molecular weight excluding hydrogens is 549 g/mol. The first kappa shape index (κ1) is 31.1. The number of aliphatic carboxylic acids is 1. The lowest BCUT2D eigenvalue weighted by molar-refractivity contribution is -0.134. The number of nitrogens with two attached hydrogens (primary N) is 1. The van der Waals surface area contributed by atoms with Crippen LogP contribution in [0.2, 0.25) is 0 Å². The zero-order chi connectivity index (χ0) is 31.0. The quantitative estimate of drug-likeness (QED) is 0.138. The predicted octanol–water partition coefficient (Wildman–Crippen LogP) is 3.55. The highest BCUT2D eigenvalue weighted by Crippen LogP contribution is 2.36. The number of benzene rings is 3. The van der Waals surface area contributed by atoms with Crippen LogP contribution in [-0.4, -0.2) is 56.5 Å². The van der Waals surface area contributed by atoms with E-state index >= 15 is 4.39 Å². The number of nitrogens with zero attached hydrogens (tertiary/aromatic N) is 2. The molecule has 3 aromatic carbocycles. The number of aromatic nitrogens is 3. The van der Waals surface area contributed by atoms with Gasteiger partial charge in [-0.15, -0.1) is 5.10 Å². The van der Waals surface area contributed by atoms with E-state index in [9.17, 15) is 14.7 Å². The standard InChI is InChI=1S/C27H26FN5O5.C2H4O2/c1-3-38-23-13-18(20(28)14-22(23)37-2)19(12-15-8-10-16(11-9-15)24(29)30)25-31-27(36)33(32-25)21-7-5-4-6-17(21)26(34)35;1-2(3)4/h4-11,13-14,19H,3,12H2,1-2H3,(H3,29,30)(H,34,35)(H,31,32,36);1H3,(H,3,4). The molecule has 0 spiro atoms. The van der Waals surface area contributed by atoms with Gasteiger partial charge in [-0.1, -0.05) is 36.4 Å². The van der Waals surface area contributed by atoms with Gasteiger partial charge in [-0.3, -0.25) is 15.2 Å². The Kier molecular flexibility index (Phi) is 10.2. The van der Waals surface area contributed by atoms with Crippen molar-refractivity contribution in [2.75, 3.05) is 13.7 Å². The first-order valence-electron chi connectivity index (χ1n) is 12.6. The third kappa shape index (κ3) is 7.38. The van der Waals surface area contributed by atoms with Gasteiger partial charge in [-0.05, 0) is 37.1 Å². The lowest BCUT2D eigenvalue weighted by Gasteiger charge is -2.19. The molecule has 4 aromatic rings. The SMILES string of the molecule is CC(=O)O.CCOc1cc(C(Cc2ccc(C(=N)N)cc2)c2nn(-c3ccccc3C(=O)O)c(=O)[nH]2)c(F)cc1OC. The second kappa shape index (κ2) is 13.7. The molecule has 0 saturated carbocycles. The Morgan fingerprint density at radius 3 is 2.33 bits per heavy atom. The zero-order valence-electron chi connectivity index (χ0n) is 23.1. The minimum absolute atomic E-state index is 0.0715. The van der Waals surface area contributed by atoms with Crippen molar-refractivity contribution in [3.8, 4) is 17.2 Å². The Bertz CT molecular complexity index is 1640. The average molecular weight is 580 g/mol. The van der Waals surface area contributed by atoms with Crippen LogP contribution in [0.4, 0.5) is 4.39 Å². The van der Waals surface area contributed by atoms with E-state index in [1.807, 2.05) is 0 Å². The second-order valence-electron chi connectivity index (χ2n) is 8.89. The van der Waals surface area contributed by atoms with Gasteiger partial charge in [0.15, 0.2) is 11.5 Å². The van der Waals surface area contributed by atoms with E-state index < -0.39 is 29.4 Å². The van der Waals surface area contributed by atoms with Crippen LogP contribution in [0.5, 0.6) is 11.5 Å². The third-order valence-corrected chi connectivity index (χ3v) is 5.99. The van der Waals surface area contributed by atoms with Crippen LogP contribution in [0, 0.1) is 11.2 Å². The highest BCUT2D eigenvalue weighted by atomic mass is 19.1. The summed E-state index contributed by atoms with van der Waals surface area (Å²) >= 11 is 0. The van der Waals surface area contributed by atoms with E-state index in [1.54, 1.807) is 43.3 Å². The number of H-pyrrole nitrogens is 1. The summed E-state index contributed by atoms with van der Waals surface area (Å²) in [5.74, 6) is -2.88. The Balaban J connectivity index is 0.00000114. The van der Waals surface area contributed by atoms with Crippen LogP contribution in [0.15, 0.2) is 65.5 Å². The van der Waals surface area contributed by atoms with Gasteiger partial charge < -0.3 is 25.4 Å². The highest BCUT2D eigenvalue weighted by molar-refractivity contribution is 5.94. The number of rotatable bonds is 10. The van der Waals surface area contributed by atoms with Crippen molar-refractivity contribution >= 4 is 17.8 Å². The Morgan fingerprint density at radius 2 is 1.76 bits per heavy atom. The molecule has 0 radical (unpaired) electrons. The lowest BCUT2D eigenvalue weighted by Crippen LogP contribution is -2.18. The molecule has 1 heterocycles. The Hall–Kier alpha value is -5.46. The van der Waals surface area contributed by atoms with Crippen molar-refractivity contribution in [2.24, 2.45) is 5.73 Å². The van der Waals surface area contributed by atoms with E-state index in [4.69, 9.17) is 30.5 Å². The minimum atomic E-state index is -1.22. The van der Waals surface area contributed by atoms with Crippen molar-refractivity contribution in [2.45, 2.75) is 26.2 Å². The molecule has 12 nitrogen and oxygen atoms in total. The van der Waals surface area contributed by atoms with Crippen molar-refractivity contribution in [1.29, 1.82) is 5.41 Å². The Labute approximate surface area is 239 Å². The van der Waals surface area contributed by atoms with Crippen molar-refractivity contribution in [1.82, 2.24) is 14.8 Å². The predicted molar refractivity (Wildman–Crippen MR) is 152 cm³/mol. The summed E-state index contributed by atoms with van der Waals surface area (Å²) in [6, 6.07) is 15.5. The molecule has 1 aromatic heterocycles. The van der Waals surface area contributed by atoms with E-state index in [0.717, 1.165) is 17.2 Å². The summed E-state index contributed by atoms with van der Waals surface area (Å²) in [4.78, 5) is 36.4. The molecule has 1 unspecified atom stereocenters. The molecule has 6 N–H and O–H groups in total. The maximum atomic E-state index is 15.5. The normalized spacial score (nSPS) is 11.1. The second-order valence-corrected chi connectivity index (χ2v) is 8.89. The number of ether oxygens (including phenoxy) is 2. The largest absolute Gasteiger partial charge is 0.493 e. The monoisotopic (exact) mass is 579 g/mol. The fourth-order valence-electron chi connectivity index (χ4n) is 4.16.